The second-order valence-corrected chi connectivity index (χ2v) is 5.51. The fourth-order valence-corrected chi connectivity index (χ4v) is 2.47. The van der Waals surface area contributed by atoms with Crippen molar-refractivity contribution >= 4 is 11.6 Å². The highest BCUT2D eigenvalue weighted by Crippen LogP contribution is 2.32. The van der Waals surface area contributed by atoms with Crippen LogP contribution in [-0.4, -0.2) is 14.9 Å². The molecule has 0 fully saturated rings. The van der Waals surface area contributed by atoms with Crippen molar-refractivity contribution in [3.05, 3.63) is 51.8 Å². The van der Waals surface area contributed by atoms with E-state index in [1.165, 1.54) is 0 Å². The van der Waals surface area contributed by atoms with Crippen molar-refractivity contribution in [3.63, 3.8) is 0 Å². The summed E-state index contributed by atoms with van der Waals surface area (Å²) in [4.78, 5) is 0. The van der Waals surface area contributed by atoms with E-state index in [1.807, 2.05) is 45.9 Å². The highest BCUT2D eigenvalue weighted by molar-refractivity contribution is 6.31. The molecule has 1 atom stereocenters. The van der Waals surface area contributed by atoms with Crippen molar-refractivity contribution in [1.82, 2.24) is 9.78 Å². The predicted octanol–water partition coefficient (Wildman–Crippen LogP) is 3.82. The van der Waals surface area contributed by atoms with Gasteiger partial charge in [0.25, 0.3) is 0 Å². The van der Waals surface area contributed by atoms with Crippen molar-refractivity contribution in [3.8, 4) is 0 Å². The first-order chi connectivity index (χ1) is 8.93. The van der Waals surface area contributed by atoms with Gasteiger partial charge in [0.2, 0.25) is 0 Å². The number of aryl methyl sites for hydroxylation is 1. The van der Waals surface area contributed by atoms with Gasteiger partial charge in [0.05, 0.1) is 16.9 Å². The molecular formula is C15H19ClN2O. The van der Waals surface area contributed by atoms with Gasteiger partial charge in [-0.05, 0) is 44.4 Å². The van der Waals surface area contributed by atoms with Gasteiger partial charge >= 0.3 is 0 Å². The van der Waals surface area contributed by atoms with E-state index in [9.17, 15) is 5.11 Å². The van der Waals surface area contributed by atoms with E-state index in [-0.39, 0.29) is 6.04 Å². The molecule has 0 amide bonds. The van der Waals surface area contributed by atoms with E-state index < -0.39 is 6.10 Å². The molecular weight excluding hydrogens is 260 g/mol. The molecule has 2 rings (SSSR count). The van der Waals surface area contributed by atoms with Crippen molar-refractivity contribution < 1.29 is 5.11 Å². The average Bonchev–Trinajstić information content (AvgIpc) is 2.74. The Balaban J connectivity index is 2.53. The van der Waals surface area contributed by atoms with Crippen LogP contribution in [0.2, 0.25) is 5.02 Å². The van der Waals surface area contributed by atoms with E-state index in [0.717, 1.165) is 16.7 Å². The van der Waals surface area contributed by atoms with Crippen molar-refractivity contribution in [2.45, 2.75) is 39.8 Å². The molecule has 0 saturated carbocycles. The zero-order chi connectivity index (χ0) is 14.2. The van der Waals surface area contributed by atoms with Crippen LogP contribution >= 0.6 is 11.6 Å². The van der Waals surface area contributed by atoms with Crippen LogP contribution in [0.1, 0.15) is 48.4 Å². The van der Waals surface area contributed by atoms with Gasteiger partial charge in [-0.2, -0.15) is 5.10 Å². The molecule has 0 radical (unpaired) electrons. The summed E-state index contributed by atoms with van der Waals surface area (Å²) in [6.45, 7) is 8.08. The fourth-order valence-electron chi connectivity index (χ4n) is 2.24. The Morgan fingerprint density at radius 1 is 1.26 bits per heavy atom. The summed E-state index contributed by atoms with van der Waals surface area (Å²) < 4.78 is 1.77. The molecule has 1 aromatic heterocycles. The van der Waals surface area contributed by atoms with Gasteiger partial charge in [0, 0.05) is 6.04 Å². The Morgan fingerprint density at radius 3 is 2.58 bits per heavy atom. The molecule has 0 aliphatic rings. The van der Waals surface area contributed by atoms with Crippen LogP contribution in [-0.2, 0) is 0 Å². The fraction of sp³-hybridized carbons (Fsp3) is 0.400. The third kappa shape index (κ3) is 2.53. The normalized spacial score (nSPS) is 13.0. The summed E-state index contributed by atoms with van der Waals surface area (Å²) in [7, 11) is 0. The van der Waals surface area contributed by atoms with Gasteiger partial charge < -0.3 is 5.11 Å². The van der Waals surface area contributed by atoms with Crippen molar-refractivity contribution in [2.75, 3.05) is 0 Å². The van der Waals surface area contributed by atoms with Crippen LogP contribution in [0.4, 0.5) is 0 Å². The van der Waals surface area contributed by atoms with Crippen LogP contribution in [0, 0.1) is 13.8 Å². The zero-order valence-electron chi connectivity index (χ0n) is 11.7. The summed E-state index contributed by atoms with van der Waals surface area (Å²) >= 11 is 6.18. The lowest BCUT2D eigenvalue weighted by molar-refractivity contribution is 0.204. The molecule has 4 heteroatoms. The smallest absolute Gasteiger partial charge is 0.122 e. The summed E-state index contributed by atoms with van der Waals surface area (Å²) in [5.41, 5.74) is 3.78. The Morgan fingerprint density at radius 2 is 1.95 bits per heavy atom. The predicted molar refractivity (Wildman–Crippen MR) is 77.6 cm³/mol. The summed E-state index contributed by atoms with van der Waals surface area (Å²) in [5.74, 6) is 0. The first-order valence-electron chi connectivity index (χ1n) is 6.40. The molecule has 0 saturated heterocycles. The molecule has 0 spiro atoms. The lowest BCUT2D eigenvalue weighted by Crippen LogP contribution is -2.13. The number of hydrogen-bond acceptors (Lipinski definition) is 2. The van der Waals surface area contributed by atoms with E-state index in [1.54, 1.807) is 10.9 Å². The SMILES string of the molecule is Cc1cccc(C(O)c2c(Cl)cnn2C(C)C)c1C. The second-order valence-electron chi connectivity index (χ2n) is 5.11. The minimum absolute atomic E-state index is 0.155. The second kappa shape index (κ2) is 5.35. The van der Waals surface area contributed by atoms with Crippen LogP contribution in [0.25, 0.3) is 0 Å². The Hall–Kier alpha value is -1.32. The van der Waals surface area contributed by atoms with Crippen molar-refractivity contribution in [1.29, 1.82) is 0 Å². The first kappa shape index (κ1) is 14.1. The van der Waals surface area contributed by atoms with Crippen molar-refractivity contribution in [2.24, 2.45) is 0 Å². The van der Waals surface area contributed by atoms with Crippen LogP contribution in [0.5, 0.6) is 0 Å². The quantitative estimate of drug-likeness (QED) is 0.927. The van der Waals surface area contributed by atoms with E-state index >= 15 is 0 Å². The number of hydrogen-bond donors (Lipinski definition) is 1. The number of benzene rings is 1. The topological polar surface area (TPSA) is 38.1 Å². The van der Waals surface area contributed by atoms with E-state index in [0.29, 0.717) is 10.7 Å². The maximum absolute atomic E-state index is 10.7. The molecule has 1 heterocycles. The molecule has 1 unspecified atom stereocenters. The Bertz CT molecular complexity index is 590. The average molecular weight is 279 g/mol. The molecule has 2 aromatic rings. The van der Waals surface area contributed by atoms with E-state index in [4.69, 9.17) is 11.6 Å². The molecule has 1 N–H and O–H groups in total. The third-order valence-electron chi connectivity index (χ3n) is 3.48. The van der Waals surface area contributed by atoms with Gasteiger partial charge in [0.1, 0.15) is 6.10 Å². The standard InChI is InChI=1S/C15H19ClN2O/c1-9(2)18-14(13(16)8-17-18)15(19)12-7-5-6-10(3)11(12)4/h5-9,15,19H,1-4H3. The Labute approximate surface area is 118 Å². The first-order valence-corrected chi connectivity index (χ1v) is 6.78. The number of rotatable bonds is 3. The molecule has 102 valence electrons. The number of aliphatic hydroxyl groups excluding tert-OH is 1. The van der Waals surface area contributed by atoms with Gasteiger partial charge in [-0.15, -0.1) is 0 Å². The molecule has 0 aliphatic carbocycles. The van der Waals surface area contributed by atoms with Gasteiger partial charge in [-0.25, -0.2) is 0 Å². The van der Waals surface area contributed by atoms with Crippen LogP contribution in [0.3, 0.4) is 0 Å². The third-order valence-corrected chi connectivity index (χ3v) is 3.77. The summed E-state index contributed by atoms with van der Waals surface area (Å²) in [5, 5.41) is 15.4. The van der Waals surface area contributed by atoms with Gasteiger partial charge in [-0.3, -0.25) is 4.68 Å². The maximum atomic E-state index is 10.7. The molecule has 3 nitrogen and oxygen atoms in total. The highest BCUT2D eigenvalue weighted by Gasteiger charge is 2.22. The number of nitrogens with zero attached hydrogens (tertiary/aromatic N) is 2. The lowest BCUT2D eigenvalue weighted by Gasteiger charge is -2.19. The Kier molecular flexibility index (Phi) is 3.97. The van der Waals surface area contributed by atoms with E-state index in [2.05, 4.69) is 5.10 Å². The number of aromatic nitrogens is 2. The summed E-state index contributed by atoms with van der Waals surface area (Å²) in [6, 6.07) is 6.07. The molecule has 1 aromatic carbocycles. The molecule has 0 aliphatic heterocycles. The molecule has 0 bridgehead atoms. The van der Waals surface area contributed by atoms with Gasteiger partial charge in [0.15, 0.2) is 0 Å². The lowest BCUT2D eigenvalue weighted by atomic mass is 9.97. The largest absolute Gasteiger partial charge is 0.382 e. The zero-order valence-corrected chi connectivity index (χ0v) is 12.4. The van der Waals surface area contributed by atoms with Gasteiger partial charge in [-0.1, -0.05) is 29.8 Å². The molecule has 19 heavy (non-hydrogen) atoms. The van der Waals surface area contributed by atoms with Crippen LogP contribution in [0.15, 0.2) is 24.4 Å². The highest BCUT2D eigenvalue weighted by atomic mass is 35.5. The minimum atomic E-state index is -0.753. The maximum Gasteiger partial charge on any atom is 0.122 e. The number of aliphatic hydroxyl groups is 1. The monoisotopic (exact) mass is 278 g/mol. The summed E-state index contributed by atoms with van der Waals surface area (Å²) in [6.07, 6.45) is 0.836. The van der Waals surface area contributed by atoms with Crippen LogP contribution < -0.4 is 0 Å². The number of halogens is 1. The minimum Gasteiger partial charge on any atom is -0.382 e.